The van der Waals surface area contributed by atoms with E-state index in [-0.39, 0.29) is 27.3 Å². The largest absolute Gasteiger partial charge is 0.300 e. The Morgan fingerprint density at radius 1 is 1.38 bits per heavy atom. The number of rotatable bonds is 4. The molecule has 2 rings (SSSR count). The summed E-state index contributed by atoms with van der Waals surface area (Å²) >= 11 is 8.86. The number of nitro groups is 1. The van der Waals surface area contributed by atoms with Crippen LogP contribution in [0.2, 0.25) is 5.02 Å². The fourth-order valence-electron chi connectivity index (χ4n) is 1.73. The van der Waals surface area contributed by atoms with Crippen molar-refractivity contribution in [2.75, 3.05) is 0 Å². The molecule has 0 fully saturated rings. The molecule has 6 nitrogen and oxygen atoms in total. The number of ketones is 1. The molecule has 21 heavy (non-hydrogen) atoms. The van der Waals surface area contributed by atoms with Crippen molar-refractivity contribution in [1.82, 2.24) is 4.57 Å². The molecule has 0 amide bonds. The SMILES string of the molecule is O=C(Cn1cc([N+](=O)[O-])cc(Br)c1=O)c1ccccc1Cl. The minimum absolute atomic E-state index is 0.0173. The van der Waals surface area contributed by atoms with Crippen molar-refractivity contribution < 1.29 is 9.72 Å². The molecule has 0 spiro atoms. The zero-order chi connectivity index (χ0) is 15.6. The topological polar surface area (TPSA) is 82.2 Å². The Morgan fingerprint density at radius 2 is 2.05 bits per heavy atom. The van der Waals surface area contributed by atoms with E-state index in [1.54, 1.807) is 18.2 Å². The smallest absolute Gasteiger partial charge is 0.286 e. The van der Waals surface area contributed by atoms with Crippen LogP contribution in [-0.2, 0) is 6.54 Å². The van der Waals surface area contributed by atoms with Gasteiger partial charge in [0.1, 0.15) is 0 Å². The van der Waals surface area contributed by atoms with Gasteiger partial charge in [0.15, 0.2) is 5.78 Å². The van der Waals surface area contributed by atoms with E-state index < -0.39 is 16.3 Å². The molecular formula is C13H8BrClN2O4. The number of hydrogen-bond donors (Lipinski definition) is 0. The predicted molar refractivity (Wildman–Crippen MR) is 80.8 cm³/mol. The van der Waals surface area contributed by atoms with Crippen molar-refractivity contribution in [1.29, 1.82) is 0 Å². The summed E-state index contributed by atoms with van der Waals surface area (Å²) in [7, 11) is 0. The summed E-state index contributed by atoms with van der Waals surface area (Å²) in [6.45, 7) is -0.331. The van der Waals surface area contributed by atoms with E-state index in [0.29, 0.717) is 0 Å². The molecule has 2 aromatic rings. The standard InChI is InChI=1S/C13H8BrClN2O4/c14-10-5-8(17(20)21)6-16(13(10)19)7-12(18)9-3-1-2-4-11(9)15/h1-6H,7H2. The maximum absolute atomic E-state index is 12.2. The Bertz CT molecular complexity index is 788. The Morgan fingerprint density at radius 3 is 2.67 bits per heavy atom. The van der Waals surface area contributed by atoms with E-state index >= 15 is 0 Å². The second-order valence-corrected chi connectivity index (χ2v) is 5.40. The van der Waals surface area contributed by atoms with Crippen LogP contribution < -0.4 is 5.56 Å². The summed E-state index contributed by atoms with van der Waals surface area (Å²) in [5, 5.41) is 11.1. The Balaban J connectivity index is 2.40. The van der Waals surface area contributed by atoms with Gasteiger partial charge in [0.25, 0.3) is 11.2 Å². The first-order valence-electron chi connectivity index (χ1n) is 5.72. The molecule has 0 bridgehead atoms. The molecule has 0 atom stereocenters. The number of aromatic nitrogens is 1. The molecule has 0 aliphatic rings. The first-order valence-corrected chi connectivity index (χ1v) is 6.89. The van der Waals surface area contributed by atoms with Gasteiger partial charge in [0.2, 0.25) is 0 Å². The lowest BCUT2D eigenvalue weighted by Gasteiger charge is -2.07. The molecule has 8 heteroatoms. The summed E-state index contributed by atoms with van der Waals surface area (Å²) < 4.78 is 0.997. The van der Waals surface area contributed by atoms with Crippen molar-refractivity contribution in [2.45, 2.75) is 6.54 Å². The normalized spacial score (nSPS) is 10.4. The van der Waals surface area contributed by atoms with E-state index in [1.165, 1.54) is 6.07 Å². The average molecular weight is 372 g/mol. The van der Waals surface area contributed by atoms with Gasteiger partial charge in [-0.1, -0.05) is 23.7 Å². The molecule has 1 heterocycles. The summed E-state index contributed by atoms with van der Waals surface area (Å²) in [6.07, 6.45) is 1.03. The van der Waals surface area contributed by atoms with Crippen molar-refractivity contribution in [3.8, 4) is 0 Å². The second kappa shape index (κ2) is 6.19. The predicted octanol–water partition coefficient (Wildman–Crippen LogP) is 3.06. The highest BCUT2D eigenvalue weighted by Crippen LogP contribution is 2.18. The second-order valence-electron chi connectivity index (χ2n) is 4.14. The van der Waals surface area contributed by atoms with Crippen LogP contribution in [0.3, 0.4) is 0 Å². The van der Waals surface area contributed by atoms with Crippen molar-refractivity contribution in [2.24, 2.45) is 0 Å². The lowest BCUT2D eigenvalue weighted by molar-refractivity contribution is -0.385. The molecule has 0 aliphatic carbocycles. The fourth-order valence-corrected chi connectivity index (χ4v) is 2.43. The highest BCUT2D eigenvalue weighted by molar-refractivity contribution is 9.10. The van der Waals surface area contributed by atoms with Crippen LogP contribution in [0.1, 0.15) is 10.4 Å². The minimum Gasteiger partial charge on any atom is -0.300 e. The Kier molecular flexibility index (Phi) is 4.54. The van der Waals surface area contributed by atoms with Crippen LogP contribution in [0.15, 0.2) is 45.8 Å². The molecule has 0 saturated heterocycles. The molecular weight excluding hydrogens is 364 g/mol. The van der Waals surface area contributed by atoms with E-state index in [4.69, 9.17) is 11.6 Å². The molecule has 0 saturated carbocycles. The lowest BCUT2D eigenvalue weighted by atomic mass is 10.1. The molecule has 0 N–H and O–H groups in total. The summed E-state index contributed by atoms with van der Waals surface area (Å²) in [5.41, 5.74) is -0.553. The number of Topliss-reactive ketones (excluding diaryl/α,β-unsaturated/α-hetero) is 1. The third kappa shape index (κ3) is 3.37. The van der Waals surface area contributed by atoms with Gasteiger partial charge in [-0.3, -0.25) is 24.3 Å². The van der Waals surface area contributed by atoms with Gasteiger partial charge in [-0.25, -0.2) is 0 Å². The number of carbonyl (C=O) groups excluding carboxylic acids is 1. The molecule has 108 valence electrons. The lowest BCUT2D eigenvalue weighted by Crippen LogP contribution is -2.24. The van der Waals surface area contributed by atoms with E-state index in [9.17, 15) is 19.7 Å². The van der Waals surface area contributed by atoms with Crippen molar-refractivity contribution >= 4 is 39.0 Å². The van der Waals surface area contributed by atoms with Gasteiger partial charge < -0.3 is 0 Å². The highest BCUT2D eigenvalue weighted by atomic mass is 79.9. The van der Waals surface area contributed by atoms with Gasteiger partial charge in [-0.15, -0.1) is 0 Å². The monoisotopic (exact) mass is 370 g/mol. The molecule has 0 aliphatic heterocycles. The Hall–Kier alpha value is -1.99. The summed E-state index contributed by atoms with van der Waals surface area (Å²) in [6, 6.07) is 7.50. The van der Waals surface area contributed by atoms with Crippen molar-refractivity contribution in [3.05, 3.63) is 72.1 Å². The van der Waals surface area contributed by atoms with E-state index in [1.807, 2.05) is 0 Å². The summed E-state index contributed by atoms with van der Waals surface area (Å²) in [4.78, 5) is 34.2. The van der Waals surface area contributed by atoms with Crippen LogP contribution in [0.5, 0.6) is 0 Å². The van der Waals surface area contributed by atoms with Crippen LogP contribution in [0.25, 0.3) is 0 Å². The first-order chi connectivity index (χ1) is 9.90. The maximum atomic E-state index is 12.2. The van der Waals surface area contributed by atoms with Gasteiger partial charge in [-0.05, 0) is 28.1 Å². The number of hydrogen-bond acceptors (Lipinski definition) is 4. The average Bonchev–Trinajstić information content (AvgIpc) is 2.43. The van der Waals surface area contributed by atoms with Crippen LogP contribution in [-0.4, -0.2) is 15.3 Å². The molecule has 1 aromatic heterocycles. The van der Waals surface area contributed by atoms with Crippen LogP contribution >= 0.6 is 27.5 Å². The molecule has 1 aromatic carbocycles. The van der Waals surface area contributed by atoms with E-state index in [2.05, 4.69) is 15.9 Å². The zero-order valence-electron chi connectivity index (χ0n) is 10.5. The third-order valence-corrected chi connectivity index (χ3v) is 3.62. The van der Waals surface area contributed by atoms with Gasteiger partial charge in [-0.2, -0.15) is 0 Å². The van der Waals surface area contributed by atoms with E-state index in [0.717, 1.165) is 16.8 Å². The zero-order valence-corrected chi connectivity index (χ0v) is 12.8. The number of benzene rings is 1. The summed E-state index contributed by atoms with van der Waals surface area (Å²) in [5.74, 6) is -0.407. The number of nitrogens with zero attached hydrogens (tertiary/aromatic N) is 2. The number of halogens is 2. The van der Waals surface area contributed by atoms with Crippen LogP contribution in [0.4, 0.5) is 5.69 Å². The Labute approximate surface area is 132 Å². The first kappa shape index (κ1) is 15.4. The molecule has 0 radical (unpaired) electrons. The fraction of sp³-hybridized carbons (Fsp3) is 0.0769. The van der Waals surface area contributed by atoms with Crippen molar-refractivity contribution in [3.63, 3.8) is 0 Å². The van der Waals surface area contributed by atoms with Gasteiger partial charge in [0.05, 0.1) is 27.2 Å². The highest BCUT2D eigenvalue weighted by Gasteiger charge is 2.16. The molecule has 0 unspecified atom stereocenters. The quantitative estimate of drug-likeness (QED) is 0.470. The van der Waals surface area contributed by atoms with Gasteiger partial charge >= 0.3 is 0 Å². The third-order valence-electron chi connectivity index (χ3n) is 2.73. The number of pyridine rings is 1. The van der Waals surface area contributed by atoms with Gasteiger partial charge in [0, 0.05) is 11.6 Å². The van der Waals surface area contributed by atoms with Crippen LogP contribution in [0, 0.1) is 10.1 Å². The maximum Gasteiger partial charge on any atom is 0.286 e. The minimum atomic E-state index is -0.638. The number of carbonyl (C=O) groups is 1.